The quantitative estimate of drug-likeness (QED) is 0.914. The molecule has 0 saturated heterocycles. The third-order valence-electron chi connectivity index (χ3n) is 4.52. The van der Waals surface area contributed by atoms with Crippen molar-refractivity contribution in [1.29, 1.82) is 0 Å². The molecular formula is C19H23NO4. The van der Waals surface area contributed by atoms with Gasteiger partial charge in [0, 0.05) is 24.6 Å². The van der Waals surface area contributed by atoms with E-state index in [2.05, 4.69) is 17.4 Å². The number of ether oxygens (including phenoxy) is 4. The molecule has 0 saturated carbocycles. The molecule has 24 heavy (non-hydrogen) atoms. The van der Waals surface area contributed by atoms with Crippen molar-refractivity contribution in [3.8, 4) is 23.0 Å². The van der Waals surface area contributed by atoms with Crippen LogP contribution in [0.2, 0.25) is 0 Å². The van der Waals surface area contributed by atoms with Gasteiger partial charge in [0.15, 0.2) is 23.0 Å². The van der Waals surface area contributed by atoms with Gasteiger partial charge in [-0.15, -0.1) is 0 Å². The van der Waals surface area contributed by atoms with Gasteiger partial charge in [-0.1, -0.05) is 12.1 Å². The Morgan fingerprint density at radius 1 is 0.833 bits per heavy atom. The molecule has 5 nitrogen and oxygen atoms in total. The standard InChI is InChI=1S/C19H23NO4/c1-21-16-7-5-12(9-18(16)23-3)14-10-20-11-15-13(14)6-8-17(22-2)19(15)24-4/h5-9,14,20H,10-11H2,1-4H3/t14-/m0/s1. The molecule has 0 fully saturated rings. The molecule has 1 N–H and O–H groups in total. The number of nitrogens with one attached hydrogen (secondary N) is 1. The van der Waals surface area contributed by atoms with Crippen LogP contribution in [0.4, 0.5) is 0 Å². The summed E-state index contributed by atoms with van der Waals surface area (Å²) >= 11 is 0. The Morgan fingerprint density at radius 3 is 2.21 bits per heavy atom. The largest absolute Gasteiger partial charge is 0.493 e. The fourth-order valence-corrected chi connectivity index (χ4v) is 3.33. The van der Waals surface area contributed by atoms with E-state index >= 15 is 0 Å². The van der Waals surface area contributed by atoms with Crippen LogP contribution >= 0.6 is 0 Å². The van der Waals surface area contributed by atoms with Crippen LogP contribution in [0.3, 0.4) is 0 Å². The van der Waals surface area contributed by atoms with Crippen molar-refractivity contribution in [2.45, 2.75) is 12.5 Å². The van der Waals surface area contributed by atoms with Crippen molar-refractivity contribution in [1.82, 2.24) is 5.32 Å². The third-order valence-corrected chi connectivity index (χ3v) is 4.52. The van der Waals surface area contributed by atoms with Crippen LogP contribution in [0.5, 0.6) is 23.0 Å². The van der Waals surface area contributed by atoms with E-state index in [4.69, 9.17) is 18.9 Å². The van der Waals surface area contributed by atoms with Crippen LogP contribution in [0.25, 0.3) is 0 Å². The van der Waals surface area contributed by atoms with E-state index < -0.39 is 0 Å². The lowest BCUT2D eigenvalue weighted by atomic mass is 9.85. The van der Waals surface area contributed by atoms with Gasteiger partial charge in [-0.05, 0) is 29.3 Å². The van der Waals surface area contributed by atoms with E-state index in [1.54, 1.807) is 28.4 Å². The van der Waals surface area contributed by atoms with Gasteiger partial charge >= 0.3 is 0 Å². The maximum Gasteiger partial charge on any atom is 0.165 e. The van der Waals surface area contributed by atoms with Crippen LogP contribution in [0.1, 0.15) is 22.6 Å². The number of hydrogen-bond acceptors (Lipinski definition) is 5. The van der Waals surface area contributed by atoms with Crippen molar-refractivity contribution in [2.75, 3.05) is 35.0 Å². The highest BCUT2D eigenvalue weighted by atomic mass is 16.5. The minimum atomic E-state index is 0.216. The summed E-state index contributed by atoms with van der Waals surface area (Å²) in [4.78, 5) is 0. The molecule has 5 heteroatoms. The molecule has 0 radical (unpaired) electrons. The molecule has 2 aromatic carbocycles. The summed E-state index contributed by atoms with van der Waals surface area (Å²) in [5.41, 5.74) is 3.56. The monoisotopic (exact) mass is 329 g/mol. The summed E-state index contributed by atoms with van der Waals surface area (Å²) < 4.78 is 21.8. The lowest BCUT2D eigenvalue weighted by Gasteiger charge is -2.29. The van der Waals surface area contributed by atoms with Gasteiger partial charge in [-0.3, -0.25) is 0 Å². The Hall–Kier alpha value is -2.40. The maximum absolute atomic E-state index is 5.59. The lowest BCUT2D eigenvalue weighted by molar-refractivity contribution is 0.347. The van der Waals surface area contributed by atoms with Crippen molar-refractivity contribution in [2.24, 2.45) is 0 Å². The summed E-state index contributed by atoms with van der Waals surface area (Å²) in [5, 5.41) is 3.47. The van der Waals surface area contributed by atoms with Crippen molar-refractivity contribution in [3.05, 3.63) is 47.0 Å². The molecule has 2 aromatic rings. The second kappa shape index (κ2) is 7.01. The van der Waals surface area contributed by atoms with E-state index in [0.29, 0.717) is 0 Å². The first kappa shape index (κ1) is 16.5. The van der Waals surface area contributed by atoms with Crippen molar-refractivity contribution >= 4 is 0 Å². The first-order valence-corrected chi connectivity index (χ1v) is 7.89. The van der Waals surface area contributed by atoms with Gasteiger partial charge in [-0.25, -0.2) is 0 Å². The van der Waals surface area contributed by atoms with Crippen LogP contribution in [0.15, 0.2) is 30.3 Å². The zero-order valence-corrected chi connectivity index (χ0v) is 14.5. The molecule has 1 aliphatic rings. The Balaban J connectivity index is 2.07. The Bertz CT molecular complexity index is 730. The predicted molar refractivity (Wildman–Crippen MR) is 92.6 cm³/mol. The average Bonchev–Trinajstić information content (AvgIpc) is 2.65. The van der Waals surface area contributed by atoms with Gasteiger partial charge in [0.25, 0.3) is 0 Å². The highest BCUT2D eigenvalue weighted by Crippen LogP contribution is 2.41. The molecule has 128 valence electrons. The molecule has 0 bridgehead atoms. The molecule has 0 amide bonds. The fraction of sp³-hybridized carbons (Fsp3) is 0.368. The van der Waals surface area contributed by atoms with Gasteiger partial charge in [0.2, 0.25) is 0 Å². The van der Waals surface area contributed by atoms with Crippen molar-refractivity contribution < 1.29 is 18.9 Å². The number of rotatable bonds is 5. The summed E-state index contributed by atoms with van der Waals surface area (Å²) in [6, 6.07) is 10.2. The lowest BCUT2D eigenvalue weighted by Crippen LogP contribution is -2.29. The Kier molecular flexibility index (Phi) is 4.81. The fourth-order valence-electron chi connectivity index (χ4n) is 3.33. The normalized spacial score (nSPS) is 16.2. The number of methoxy groups -OCH3 is 4. The first-order valence-electron chi connectivity index (χ1n) is 7.89. The summed E-state index contributed by atoms with van der Waals surface area (Å²) in [6.45, 7) is 1.62. The highest BCUT2D eigenvalue weighted by Gasteiger charge is 2.26. The molecule has 1 heterocycles. The third kappa shape index (κ3) is 2.76. The molecule has 0 unspecified atom stereocenters. The molecule has 0 aromatic heterocycles. The van der Waals surface area contributed by atoms with Gasteiger partial charge in [0.1, 0.15) is 0 Å². The van der Waals surface area contributed by atoms with E-state index in [-0.39, 0.29) is 5.92 Å². The van der Waals surface area contributed by atoms with Crippen LogP contribution in [0, 0.1) is 0 Å². The van der Waals surface area contributed by atoms with E-state index in [0.717, 1.165) is 41.7 Å². The molecule has 1 atom stereocenters. The second-order valence-electron chi connectivity index (χ2n) is 5.67. The molecule has 3 rings (SSSR count). The van der Waals surface area contributed by atoms with Gasteiger partial charge in [-0.2, -0.15) is 0 Å². The van der Waals surface area contributed by atoms with E-state index in [9.17, 15) is 0 Å². The molecule has 1 aliphatic heterocycles. The minimum Gasteiger partial charge on any atom is -0.493 e. The topological polar surface area (TPSA) is 49.0 Å². The smallest absolute Gasteiger partial charge is 0.165 e. The molecular weight excluding hydrogens is 306 g/mol. The minimum absolute atomic E-state index is 0.216. The molecule has 0 spiro atoms. The van der Waals surface area contributed by atoms with Crippen LogP contribution < -0.4 is 24.3 Å². The highest BCUT2D eigenvalue weighted by molar-refractivity contribution is 5.56. The SMILES string of the molecule is COc1ccc([C@@H]2CNCc3c2ccc(OC)c3OC)cc1OC. The number of benzene rings is 2. The van der Waals surface area contributed by atoms with Crippen LogP contribution in [-0.2, 0) is 6.54 Å². The second-order valence-corrected chi connectivity index (χ2v) is 5.67. The zero-order valence-electron chi connectivity index (χ0n) is 14.5. The average molecular weight is 329 g/mol. The van der Waals surface area contributed by atoms with Gasteiger partial charge < -0.3 is 24.3 Å². The van der Waals surface area contributed by atoms with Crippen molar-refractivity contribution in [3.63, 3.8) is 0 Å². The zero-order chi connectivity index (χ0) is 17.1. The van der Waals surface area contributed by atoms with E-state index in [1.165, 1.54) is 11.1 Å². The summed E-state index contributed by atoms with van der Waals surface area (Å²) in [6.07, 6.45) is 0. The predicted octanol–water partition coefficient (Wildman–Crippen LogP) is 2.96. The first-order chi connectivity index (χ1) is 11.7. The summed E-state index contributed by atoms with van der Waals surface area (Å²) in [5.74, 6) is 3.24. The van der Waals surface area contributed by atoms with Gasteiger partial charge in [0.05, 0.1) is 28.4 Å². The summed E-state index contributed by atoms with van der Waals surface area (Å²) in [7, 11) is 6.64. The van der Waals surface area contributed by atoms with E-state index in [1.807, 2.05) is 18.2 Å². The number of fused-ring (bicyclic) bond motifs is 1. The Labute approximate surface area is 142 Å². The number of hydrogen-bond donors (Lipinski definition) is 1. The van der Waals surface area contributed by atoms with Crippen LogP contribution in [-0.4, -0.2) is 35.0 Å². The maximum atomic E-state index is 5.59. The Morgan fingerprint density at radius 2 is 1.54 bits per heavy atom. The molecule has 0 aliphatic carbocycles.